The SMILES string of the molecule is Cc1cccn2cc(CSc3ccc(CO)cc3)nc12. The Balaban J connectivity index is 1.74. The van der Waals surface area contributed by atoms with E-state index in [0.717, 1.165) is 22.7 Å². The topological polar surface area (TPSA) is 37.5 Å². The Morgan fingerprint density at radius 3 is 2.70 bits per heavy atom. The molecule has 0 saturated carbocycles. The molecule has 3 aromatic rings. The summed E-state index contributed by atoms with van der Waals surface area (Å²) in [5.74, 6) is 0.847. The fraction of sp³-hybridized carbons (Fsp3) is 0.188. The number of hydrogen-bond acceptors (Lipinski definition) is 3. The zero-order chi connectivity index (χ0) is 13.9. The van der Waals surface area contributed by atoms with E-state index in [0.29, 0.717) is 0 Å². The number of imidazole rings is 1. The Labute approximate surface area is 122 Å². The number of thioether (sulfide) groups is 1. The molecule has 3 rings (SSSR count). The lowest BCUT2D eigenvalue weighted by atomic mass is 10.2. The van der Waals surface area contributed by atoms with Gasteiger partial charge in [-0.15, -0.1) is 11.8 Å². The maximum Gasteiger partial charge on any atom is 0.139 e. The predicted molar refractivity (Wildman–Crippen MR) is 81.9 cm³/mol. The van der Waals surface area contributed by atoms with E-state index in [1.54, 1.807) is 11.8 Å². The van der Waals surface area contributed by atoms with Gasteiger partial charge in [0.15, 0.2) is 0 Å². The first-order valence-electron chi connectivity index (χ1n) is 6.52. The van der Waals surface area contributed by atoms with Crippen molar-refractivity contribution in [2.45, 2.75) is 24.2 Å². The van der Waals surface area contributed by atoms with Crippen LogP contribution in [0, 0.1) is 6.92 Å². The summed E-state index contributed by atoms with van der Waals surface area (Å²) in [5.41, 5.74) is 4.24. The lowest BCUT2D eigenvalue weighted by molar-refractivity contribution is 0.282. The summed E-state index contributed by atoms with van der Waals surface area (Å²) in [5, 5.41) is 9.02. The summed E-state index contributed by atoms with van der Waals surface area (Å²) in [4.78, 5) is 5.85. The van der Waals surface area contributed by atoms with Crippen molar-refractivity contribution in [3.63, 3.8) is 0 Å². The van der Waals surface area contributed by atoms with Gasteiger partial charge in [-0.05, 0) is 36.2 Å². The highest BCUT2D eigenvalue weighted by molar-refractivity contribution is 7.98. The molecule has 0 saturated heterocycles. The van der Waals surface area contributed by atoms with Crippen LogP contribution in [-0.4, -0.2) is 14.5 Å². The van der Waals surface area contributed by atoms with E-state index in [9.17, 15) is 0 Å². The summed E-state index contributed by atoms with van der Waals surface area (Å²) >= 11 is 1.76. The van der Waals surface area contributed by atoms with Crippen LogP contribution in [0.2, 0.25) is 0 Å². The smallest absolute Gasteiger partial charge is 0.139 e. The van der Waals surface area contributed by atoms with Crippen molar-refractivity contribution in [3.8, 4) is 0 Å². The second-order valence-electron chi connectivity index (χ2n) is 4.75. The summed E-state index contributed by atoms with van der Waals surface area (Å²) in [6, 6.07) is 12.1. The fourth-order valence-corrected chi connectivity index (χ4v) is 2.90. The van der Waals surface area contributed by atoms with Crippen molar-refractivity contribution in [1.29, 1.82) is 0 Å². The van der Waals surface area contributed by atoms with Gasteiger partial charge < -0.3 is 9.51 Å². The molecule has 0 spiro atoms. The van der Waals surface area contributed by atoms with Gasteiger partial charge in [-0.1, -0.05) is 18.2 Å². The molecule has 2 heterocycles. The van der Waals surface area contributed by atoms with Crippen LogP contribution in [0.4, 0.5) is 0 Å². The van der Waals surface area contributed by atoms with Gasteiger partial charge in [0.25, 0.3) is 0 Å². The van der Waals surface area contributed by atoms with Crippen molar-refractivity contribution in [2.75, 3.05) is 0 Å². The minimum absolute atomic E-state index is 0.0939. The van der Waals surface area contributed by atoms with Crippen LogP contribution >= 0.6 is 11.8 Å². The predicted octanol–water partition coefficient (Wildman–Crippen LogP) is 3.43. The molecule has 0 atom stereocenters. The quantitative estimate of drug-likeness (QED) is 0.746. The fourth-order valence-electron chi connectivity index (χ4n) is 2.12. The van der Waals surface area contributed by atoms with Gasteiger partial charge in [0.05, 0.1) is 12.3 Å². The van der Waals surface area contributed by atoms with E-state index >= 15 is 0 Å². The first-order chi connectivity index (χ1) is 9.76. The second kappa shape index (κ2) is 5.69. The largest absolute Gasteiger partial charge is 0.392 e. The van der Waals surface area contributed by atoms with E-state index in [2.05, 4.69) is 28.6 Å². The molecule has 0 unspecified atom stereocenters. The Hall–Kier alpha value is -1.78. The average molecular weight is 284 g/mol. The van der Waals surface area contributed by atoms with Gasteiger partial charge in [0.1, 0.15) is 5.65 Å². The van der Waals surface area contributed by atoms with Crippen molar-refractivity contribution < 1.29 is 5.11 Å². The van der Waals surface area contributed by atoms with Gasteiger partial charge in [-0.3, -0.25) is 0 Å². The van der Waals surface area contributed by atoms with Crippen LogP contribution in [0.25, 0.3) is 5.65 Å². The van der Waals surface area contributed by atoms with Gasteiger partial charge in [-0.25, -0.2) is 4.98 Å². The monoisotopic (exact) mass is 284 g/mol. The van der Waals surface area contributed by atoms with Gasteiger partial charge in [0, 0.05) is 23.0 Å². The molecule has 0 bridgehead atoms. The molecule has 1 aromatic carbocycles. The summed E-state index contributed by atoms with van der Waals surface area (Å²) < 4.78 is 2.07. The minimum atomic E-state index is 0.0939. The Kier molecular flexibility index (Phi) is 3.76. The summed E-state index contributed by atoms with van der Waals surface area (Å²) in [6.07, 6.45) is 4.11. The van der Waals surface area contributed by atoms with E-state index in [-0.39, 0.29) is 6.61 Å². The molecule has 2 aromatic heterocycles. The van der Waals surface area contributed by atoms with Gasteiger partial charge >= 0.3 is 0 Å². The molecule has 0 aliphatic heterocycles. The number of aromatic nitrogens is 2. The minimum Gasteiger partial charge on any atom is -0.392 e. The highest BCUT2D eigenvalue weighted by Crippen LogP contribution is 2.23. The zero-order valence-corrected chi connectivity index (χ0v) is 12.1. The maximum atomic E-state index is 9.02. The first-order valence-corrected chi connectivity index (χ1v) is 7.50. The third kappa shape index (κ3) is 2.71. The molecule has 102 valence electrons. The normalized spacial score (nSPS) is 11.1. The van der Waals surface area contributed by atoms with E-state index in [4.69, 9.17) is 5.11 Å². The molecule has 0 amide bonds. The van der Waals surface area contributed by atoms with Crippen LogP contribution in [0.3, 0.4) is 0 Å². The molecule has 0 aliphatic carbocycles. The number of hydrogen-bond donors (Lipinski definition) is 1. The number of nitrogens with zero attached hydrogens (tertiary/aromatic N) is 2. The number of aliphatic hydroxyl groups is 1. The number of pyridine rings is 1. The Bertz CT molecular complexity index is 719. The lowest BCUT2D eigenvalue weighted by Crippen LogP contribution is -1.84. The van der Waals surface area contributed by atoms with E-state index in [1.807, 2.05) is 36.5 Å². The summed E-state index contributed by atoms with van der Waals surface area (Å²) in [7, 11) is 0. The number of rotatable bonds is 4. The summed E-state index contributed by atoms with van der Waals surface area (Å²) in [6.45, 7) is 2.17. The first kappa shape index (κ1) is 13.2. The van der Waals surface area contributed by atoms with Gasteiger partial charge in [-0.2, -0.15) is 0 Å². The van der Waals surface area contributed by atoms with Gasteiger partial charge in [0.2, 0.25) is 0 Å². The molecule has 0 aliphatic rings. The highest BCUT2D eigenvalue weighted by Gasteiger charge is 2.04. The molecule has 4 heteroatoms. The number of aryl methyl sites for hydroxylation is 1. The number of fused-ring (bicyclic) bond motifs is 1. The van der Waals surface area contributed by atoms with Crippen LogP contribution in [0.15, 0.2) is 53.7 Å². The Morgan fingerprint density at radius 2 is 2.00 bits per heavy atom. The van der Waals surface area contributed by atoms with Crippen molar-refractivity contribution in [1.82, 2.24) is 9.38 Å². The van der Waals surface area contributed by atoms with Crippen molar-refractivity contribution >= 4 is 17.4 Å². The van der Waals surface area contributed by atoms with Crippen LogP contribution in [0.5, 0.6) is 0 Å². The van der Waals surface area contributed by atoms with Crippen molar-refractivity contribution in [3.05, 3.63) is 65.6 Å². The molecule has 3 nitrogen and oxygen atoms in total. The number of benzene rings is 1. The van der Waals surface area contributed by atoms with Crippen LogP contribution in [0.1, 0.15) is 16.8 Å². The average Bonchev–Trinajstić information content (AvgIpc) is 2.90. The maximum absolute atomic E-state index is 9.02. The van der Waals surface area contributed by atoms with Crippen LogP contribution in [-0.2, 0) is 12.4 Å². The van der Waals surface area contributed by atoms with Crippen molar-refractivity contribution in [2.24, 2.45) is 0 Å². The molecule has 1 N–H and O–H groups in total. The number of aliphatic hydroxyl groups excluding tert-OH is 1. The molecular weight excluding hydrogens is 268 g/mol. The van der Waals surface area contributed by atoms with E-state index < -0.39 is 0 Å². The molecule has 20 heavy (non-hydrogen) atoms. The third-order valence-electron chi connectivity index (χ3n) is 3.22. The third-order valence-corrected chi connectivity index (χ3v) is 4.27. The Morgan fingerprint density at radius 1 is 1.20 bits per heavy atom. The zero-order valence-electron chi connectivity index (χ0n) is 11.3. The van der Waals surface area contributed by atoms with Crippen LogP contribution < -0.4 is 0 Å². The highest BCUT2D eigenvalue weighted by atomic mass is 32.2. The molecule has 0 fully saturated rings. The standard InChI is InChI=1S/C16H16N2OS/c1-12-3-2-8-18-9-14(17-16(12)18)11-20-15-6-4-13(10-19)5-7-15/h2-9,19H,10-11H2,1H3. The molecule has 0 radical (unpaired) electrons. The second-order valence-corrected chi connectivity index (χ2v) is 5.79. The van der Waals surface area contributed by atoms with E-state index in [1.165, 1.54) is 10.5 Å². The molecular formula is C16H16N2OS. The lowest BCUT2D eigenvalue weighted by Gasteiger charge is -2.00.